The summed E-state index contributed by atoms with van der Waals surface area (Å²) < 4.78 is 5.02. The summed E-state index contributed by atoms with van der Waals surface area (Å²) in [4.78, 5) is 10.4. The van der Waals surface area contributed by atoms with Crippen LogP contribution in [-0.4, -0.2) is 18.5 Å². The van der Waals surface area contributed by atoms with Crippen LogP contribution in [0.2, 0.25) is 0 Å². The average molecular weight is 114 g/mol. The van der Waals surface area contributed by atoms with Crippen LogP contribution in [0.5, 0.6) is 0 Å². The minimum atomic E-state index is -0.114. The average Bonchev–Trinajstić information content (AvgIpc) is 1.63. The quantitative estimate of drug-likeness (QED) is 0.503. The Kier molecular flexibility index (Phi) is 1.12. The molecule has 0 unspecified atom stereocenters. The molecule has 0 aliphatic heterocycles. The lowest BCUT2D eigenvalue weighted by Crippen LogP contribution is -2.42. The fourth-order valence-electron chi connectivity index (χ4n) is 0.927. The zero-order valence-corrected chi connectivity index (χ0v) is 5.23. The third-order valence-electron chi connectivity index (χ3n) is 1.64. The second-order valence-electron chi connectivity index (χ2n) is 2.55. The van der Waals surface area contributed by atoms with Crippen molar-refractivity contribution in [2.24, 2.45) is 0 Å². The predicted octanol–water partition coefficient (Wildman–Crippen LogP) is 0.754. The third-order valence-corrected chi connectivity index (χ3v) is 1.64. The van der Waals surface area contributed by atoms with Crippen molar-refractivity contribution in [2.45, 2.75) is 25.4 Å². The Morgan fingerprint density at radius 1 is 1.62 bits per heavy atom. The van der Waals surface area contributed by atoms with Crippen LogP contribution >= 0.6 is 0 Å². The smallest absolute Gasteiger partial charge is 0.138 e. The molecule has 0 radical (unpaired) electrons. The van der Waals surface area contributed by atoms with Crippen molar-refractivity contribution in [3.8, 4) is 0 Å². The van der Waals surface area contributed by atoms with Crippen molar-refractivity contribution in [1.82, 2.24) is 0 Å². The van der Waals surface area contributed by atoms with E-state index in [0.29, 0.717) is 18.6 Å². The van der Waals surface area contributed by atoms with Crippen molar-refractivity contribution in [2.75, 3.05) is 7.11 Å². The molecule has 0 aromatic rings. The Morgan fingerprint density at radius 3 is 2.25 bits per heavy atom. The molecule has 0 aromatic heterocycles. The van der Waals surface area contributed by atoms with Gasteiger partial charge < -0.3 is 4.74 Å². The Morgan fingerprint density at radius 2 is 2.12 bits per heavy atom. The molecule has 0 saturated heterocycles. The molecule has 1 rings (SSSR count). The van der Waals surface area contributed by atoms with Crippen LogP contribution in [0.4, 0.5) is 0 Å². The summed E-state index contributed by atoms with van der Waals surface area (Å²) in [6.45, 7) is 1.95. The molecule has 2 nitrogen and oxygen atoms in total. The number of carbonyl (C=O) groups is 1. The minimum Gasteiger partial charge on any atom is -0.378 e. The van der Waals surface area contributed by atoms with E-state index in [2.05, 4.69) is 0 Å². The van der Waals surface area contributed by atoms with Gasteiger partial charge in [-0.05, 0) is 6.92 Å². The van der Waals surface area contributed by atoms with Crippen molar-refractivity contribution in [3.05, 3.63) is 0 Å². The Bertz CT molecular complexity index is 110. The van der Waals surface area contributed by atoms with Gasteiger partial charge in [-0.25, -0.2) is 0 Å². The van der Waals surface area contributed by atoms with Gasteiger partial charge in [0.05, 0.1) is 5.60 Å². The summed E-state index contributed by atoms with van der Waals surface area (Å²) in [5.74, 6) is 0.314. The van der Waals surface area contributed by atoms with Gasteiger partial charge in [0.15, 0.2) is 0 Å². The minimum absolute atomic E-state index is 0.114. The molecule has 0 amide bonds. The number of ketones is 1. The van der Waals surface area contributed by atoms with Crippen LogP contribution in [0.15, 0.2) is 0 Å². The molecule has 46 valence electrons. The highest BCUT2D eigenvalue weighted by Crippen LogP contribution is 2.30. The molecule has 8 heavy (non-hydrogen) atoms. The first-order chi connectivity index (χ1) is 3.66. The first-order valence-electron chi connectivity index (χ1n) is 2.73. The lowest BCUT2D eigenvalue weighted by molar-refractivity contribution is -0.144. The fourth-order valence-corrected chi connectivity index (χ4v) is 0.927. The van der Waals surface area contributed by atoms with E-state index in [1.807, 2.05) is 6.92 Å². The molecule has 1 fully saturated rings. The topological polar surface area (TPSA) is 26.3 Å². The molecular formula is C6H10O2. The third kappa shape index (κ3) is 0.757. The Balaban J connectivity index is 2.40. The summed E-state index contributed by atoms with van der Waals surface area (Å²) in [7, 11) is 1.65. The van der Waals surface area contributed by atoms with Crippen molar-refractivity contribution in [1.29, 1.82) is 0 Å². The molecule has 0 N–H and O–H groups in total. The zero-order valence-electron chi connectivity index (χ0n) is 5.23. The van der Waals surface area contributed by atoms with Gasteiger partial charge in [-0.1, -0.05) is 0 Å². The highest BCUT2D eigenvalue weighted by molar-refractivity contribution is 5.86. The largest absolute Gasteiger partial charge is 0.378 e. The lowest BCUT2D eigenvalue weighted by Gasteiger charge is -2.34. The van der Waals surface area contributed by atoms with Crippen molar-refractivity contribution >= 4 is 5.78 Å². The lowest BCUT2D eigenvalue weighted by atomic mass is 9.81. The van der Waals surface area contributed by atoms with Gasteiger partial charge in [0, 0.05) is 20.0 Å². The molecule has 2 heteroatoms. The monoisotopic (exact) mass is 114 g/mol. The number of methoxy groups -OCH3 is 1. The number of hydrogen-bond acceptors (Lipinski definition) is 2. The van der Waals surface area contributed by atoms with Crippen LogP contribution in [0, 0.1) is 0 Å². The molecule has 0 heterocycles. The molecule has 1 aliphatic rings. The zero-order chi connectivity index (χ0) is 6.20. The van der Waals surface area contributed by atoms with E-state index >= 15 is 0 Å². The molecule has 0 atom stereocenters. The second kappa shape index (κ2) is 1.55. The van der Waals surface area contributed by atoms with E-state index in [1.165, 1.54) is 0 Å². The van der Waals surface area contributed by atoms with Crippen LogP contribution in [-0.2, 0) is 9.53 Å². The molecular weight excluding hydrogens is 104 g/mol. The van der Waals surface area contributed by atoms with E-state index in [0.717, 1.165) is 0 Å². The number of Topliss-reactive ketones (excluding diaryl/α,β-unsaturated/α-hetero) is 1. The number of carbonyl (C=O) groups excluding carboxylic acids is 1. The van der Waals surface area contributed by atoms with E-state index in [4.69, 9.17) is 4.74 Å². The second-order valence-corrected chi connectivity index (χ2v) is 2.55. The number of ether oxygens (including phenoxy) is 1. The van der Waals surface area contributed by atoms with Gasteiger partial charge in [-0.15, -0.1) is 0 Å². The van der Waals surface area contributed by atoms with E-state index in [9.17, 15) is 4.79 Å². The molecule has 0 bridgehead atoms. The molecule has 0 aromatic carbocycles. The van der Waals surface area contributed by atoms with Crippen molar-refractivity contribution in [3.63, 3.8) is 0 Å². The molecule has 1 saturated carbocycles. The van der Waals surface area contributed by atoms with Gasteiger partial charge in [-0.2, -0.15) is 0 Å². The summed E-state index contributed by atoms with van der Waals surface area (Å²) >= 11 is 0. The first kappa shape index (κ1) is 5.76. The number of rotatable bonds is 1. The van der Waals surface area contributed by atoms with Gasteiger partial charge >= 0.3 is 0 Å². The van der Waals surface area contributed by atoms with Gasteiger partial charge in [0.1, 0.15) is 5.78 Å². The van der Waals surface area contributed by atoms with E-state index in [-0.39, 0.29) is 5.60 Å². The van der Waals surface area contributed by atoms with Gasteiger partial charge in [0.25, 0.3) is 0 Å². The maximum absolute atomic E-state index is 10.4. The highest BCUT2D eigenvalue weighted by atomic mass is 16.5. The normalized spacial score (nSPS) is 25.0. The van der Waals surface area contributed by atoms with Crippen LogP contribution in [0.1, 0.15) is 19.8 Å². The predicted molar refractivity (Wildman–Crippen MR) is 29.7 cm³/mol. The van der Waals surface area contributed by atoms with Crippen molar-refractivity contribution < 1.29 is 9.53 Å². The standard InChI is InChI=1S/C6H10O2/c1-6(8-2)3-5(7)4-6/h3-4H2,1-2H3. The van der Waals surface area contributed by atoms with E-state index in [1.54, 1.807) is 7.11 Å². The summed E-state index contributed by atoms with van der Waals surface area (Å²) in [6.07, 6.45) is 1.20. The summed E-state index contributed by atoms with van der Waals surface area (Å²) in [5.41, 5.74) is -0.114. The van der Waals surface area contributed by atoms with E-state index < -0.39 is 0 Å². The van der Waals surface area contributed by atoms with Gasteiger partial charge in [0.2, 0.25) is 0 Å². The fraction of sp³-hybridized carbons (Fsp3) is 0.833. The Labute approximate surface area is 48.8 Å². The summed E-state index contributed by atoms with van der Waals surface area (Å²) in [5, 5.41) is 0. The first-order valence-corrected chi connectivity index (χ1v) is 2.73. The van der Waals surface area contributed by atoms with Crippen LogP contribution < -0.4 is 0 Å². The van der Waals surface area contributed by atoms with Gasteiger partial charge in [-0.3, -0.25) is 4.79 Å². The highest BCUT2D eigenvalue weighted by Gasteiger charge is 2.38. The molecule has 0 spiro atoms. The summed E-state index contributed by atoms with van der Waals surface area (Å²) in [6, 6.07) is 0. The maximum Gasteiger partial charge on any atom is 0.138 e. The molecule has 1 aliphatic carbocycles. The number of hydrogen-bond donors (Lipinski definition) is 0. The van der Waals surface area contributed by atoms with Crippen LogP contribution in [0.25, 0.3) is 0 Å². The SMILES string of the molecule is COC1(C)CC(=O)C1. The Hall–Kier alpha value is -0.370. The maximum atomic E-state index is 10.4. The van der Waals surface area contributed by atoms with Crippen LogP contribution in [0.3, 0.4) is 0 Å².